The maximum Gasteiger partial charge on any atom is 0.0483 e. The zero-order valence-corrected chi connectivity index (χ0v) is 13.2. The molecule has 0 fully saturated rings. The Bertz CT molecular complexity index is 415. The molecule has 0 N–H and O–H groups in total. The number of hydrogen-bond donors (Lipinski definition) is 0. The highest BCUT2D eigenvalue weighted by Crippen LogP contribution is 2.47. The second-order valence-corrected chi connectivity index (χ2v) is 12.6. The minimum atomic E-state index is -0.983. The SMILES string of the molecule is CC1=CC(C)=C2CC=C(C[Si](C)(C)C)C2C1C. The van der Waals surface area contributed by atoms with Crippen molar-refractivity contribution in [1.82, 2.24) is 0 Å². The van der Waals surface area contributed by atoms with E-state index in [1.54, 1.807) is 16.7 Å². The van der Waals surface area contributed by atoms with E-state index in [-0.39, 0.29) is 0 Å². The van der Waals surface area contributed by atoms with Gasteiger partial charge in [-0.05, 0) is 32.2 Å². The Kier molecular flexibility index (Phi) is 3.24. The van der Waals surface area contributed by atoms with Crippen LogP contribution in [0.2, 0.25) is 25.7 Å². The molecule has 0 aromatic rings. The van der Waals surface area contributed by atoms with Crippen molar-refractivity contribution in [3.63, 3.8) is 0 Å². The van der Waals surface area contributed by atoms with Gasteiger partial charge in [-0.25, -0.2) is 0 Å². The van der Waals surface area contributed by atoms with Gasteiger partial charge in [0.05, 0.1) is 0 Å². The van der Waals surface area contributed by atoms with E-state index in [0.29, 0.717) is 0 Å². The third kappa shape index (κ3) is 2.49. The molecule has 0 radical (unpaired) electrons. The molecule has 0 aliphatic heterocycles. The summed E-state index contributed by atoms with van der Waals surface area (Å²) in [6.07, 6.45) is 6.15. The minimum absolute atomic E-state index is 0.721. The molecule has 0 heterocycles. The maximum atomic E-state index is 2.53. The molecule has 94 valence electrons. The van der Waals surface area contributed by atoms with Crippen molar-refractivity contribution < 1.29 is 0 Å². The van der Waals surface area contributed by atoms with Crippen LogP contribution >= 0.6 is 0 Å². The molecular weight excluding hydrogens is 220 g/mol. The van der Waals surface area contributed by atoms with E-state index in [4.69, 9.17) is 0 Å². The van der Waals surface area contributed by atoms with Gasteiger partial charge in [-0.1, -0.05) is 61.0 Å². The Hall–Kier alpha value is -0.563. The maximum absolute atomic E-state index is 2.53. The lowest BCUT2D eigenvalue weighted by Gasteiger charge is -2.32. The van der Waals surface area contributed by atoms with Gasteiger partial charge in [0.25, 0.3) is 0 Å². The van der Waals surface area contributed by atoms with Crippen LogP contribution in [0.3, 0.4) is 0 Å². The fourth-order valence-corrected chi connectivity index (χ4v) is 4.96. The van der Waals surface area contributed by atoms with Crippen LogP contribution < -0.4 is 0 Å². The van der Waals surface area contributed by atoms with Crippen molar-refractivity contribution in [3.8, 4) is 0 Å². The van der Waals surface area contributed by atoms with Gasteiger partial charge in [0, 0.05) is 14.0 Å². The standard InChI is InChI=1S/C16H26Si/c1-11-9-12(2)15-8-7-14(10-17(4,5)6)16(15)13(11)3/h7,9,13,16H,8,10H2,1-6H3. The molecule has 2 rings (SSSR count). The summed E-state index contributed by atoms with van der Waals surface area (Å²) in [6.45, 7) is 14.5. The zero-order chi connectivity index (χ0) is 12.8. The number of hydrogen-bond acceptors (Lipinski definition) is 0. The third-order valence-electron chi connectivity index (χ3n) is 4.26. The molecule has 0 aromatic carbocycles. The van der Waals surface area contributed by atoms with E-state index >= 15 is 0 Å². The Labute approximate surface area is 108 Å². The Morgan fingerprint density at radius 2 is 1.88 bits per heavy atom. The molecule has 0 saturated heterocycles. The van der Waals surface area contributed by atoms with Crippen LogP contribution in [-0.4, -0.2) is 8.07 Å². The van der Waals surface area contributed by atoms with Crippen LogP contribution in [-0.2, 0) is 0 Å². The second kappa shape index (κ2) is 4.27. The van der Waals surface area contributed by atoms with Crippen LogP contribution in [0.15, 0.2) is 34.4 Å². The van der Waals surface area contributed by atoms with Crippen molar-refractivity contribution in [2.75, 3.05) is 0 Å². The van der Waals surface area contributed by atoms with Gasteiger partial charge < -0.3 is 0 Å². The van der Waals surface area contributed by atoms with Crippen LogP contribution in [0, 0.1) is 11.8 Å². The van der Waals surface area contributed by atoms with Crippen LogP contribution in [0.1, 0.15) is 27.2 Å². The van der Waals surface area contributed by atoms with Gasteiger partial charge in [0.2, 0.25) is 0 Å². The van der Waals surface area contributed by atoms with Gasteiger partial charge >= 0.3 is 0 Å². The largest absolute Gasteiger partial charge is 0.0809 e. The Morgan fingerprint density at radius 3 is 2.47 bits per heavy atom. The van der Waals surface area contributed by atoms with Gasteiger partial charge in [0.15, 0.2) is 0 Å². The molecule has 0 aromatic heterocycles. The van der Waals surface area contributed by atoms with Crippen molar-refractivity contribution in [2.24, 2.45) is 11.8 Å². The molecule has 0 spiro atoms. The molecule has 0 bridgehead atoms. The Balaban J connectivity index is 2.29. The van der Waals surface area contributed by atoms with E-state index in [0.717, 1.165) is 11.8 Å². The van der Waals surface area contributed by atoms with Crippen LogP contribution in [0.5, 0.6) is 0 Å². The lowest BCUT2D eigenvalue weighted by Crippen LogP contribution is -2.25. The first kappa shape index (κ1) is 12.9. The predicted molar refractivity (Wildman–Crippen MR) is 80.0 cm³/mol. The fourth-order valence-electron chi connectivity index (χ4n) is 3.37. The summed E-state index contributed by atoms with van der Waals surface area (Å²) in [6, 6.07) is 1.38. The topological polar surface area (TPSA) is 0 Å². The predicted octanol–water partition coefficient (Wildman–Crippen LogP) is 5.18. The highest BCUT2D eigenvalue weighted by Gasteiger charge is 2.34. The first-order chi connectivity index (χ1) is 7.79. The summed E-state index contributed by atoms with van der Waals surface area (Å²) in [5.41, 5.74) is 6.56. The smallest absolute Gasteiger partial charge is 0.0483 e. The number of allylic oxidation sites excluding steroid dienone is 6. The zero-order valence-electron chi connectivity index (χ0n) is 12.2. The monoisotopic (exact) mass is 246 g/mol. The molecule has 0 nitrogen and oxygen atoms in total. The molecule has 17 heavy (non-hydrogen) atoms. The average molecular weight is 246 g/mol. The number of fused-ring (bicyclic) bond motifs is 1. The molecule has 2 aliphatic carbocycles. The molecular formula is C16H26Si. The summed E-state index contributed by atoms with van der Waals surface area (Å²) in [4.78, 5) is 0. The lowest BCUT2D eigenvalue weighted by molar-refractivity contribution is 0.522. The van der Waals surface area contributed by atoms with E-state index < -0.39 is 8.07 Å². The van der Waals surface area contributed by atoms with Crippen LogP contribution in [0.4, 0.5) is 0 Å². The average Bonchev–Trinajstić information content (AvgIpc) is 2.56. The second-order valence-electron chi connectivity index (χ2n) is 7.08. The van der Waals surface area contributed by atoms with Crippen molar-refractivity contribution in [2.45, 2.75) is 52.9 Å². The minimum Gasteiger partial charge on any atom is -0.0809 e. The first-order valence-corrected chi connectivity index (χ1v) is 10.6. The van der Waals surface area contributed by atoms with E-state index in [2.05, 4.69) is 52.6 Å². The van der Waals surface area contributed by atoms with Crippen molar-refractivity contribution in [3.05, 3.63) is 34.4 Å². The normalized spacial score (nSPS) is 29.1. The van der Waals surface area contributed by atoms with Gasteiger partial charge in [-0.3, -0.25) is 0 Å². The van der Waals surface area contributed by atoms with Gasteiger partial charge in [-0.15, -0.1) is 0 Å². The highest BCUT2D eigenvalue weighted by atomic mass is 28.3. The van der Waals surface area contributed by atoms with Crippen molar-refractivity contribution >= 4 is 8.07 Å². The molecule has 2 atom stereocenters. The third-order valence-corrected chi connectivity index (χ3v) is 5.73. The van der Waals surface area contributed by atoms with E-state index in [1.807, 2.05) is 0 Å². The number of rotatable bonds is 2. The Morgan fingerprint density at radius 1 is 1.24 bits per heavy atom. The summed E-state index contributed by atoms with van der Waals surface area (Å²) in [7, 11) is -0.983. The highest BCUT2D eigenvalue weighted by molar-refractivity contribution is 6.76. The fraction of sp³-hybridized carbons (Fsp3) is 0.625. The quantitative estimate of drug-likeness (QED) is 0.465. The molecule has 0 amide bonds. The molecule has 2 aliphatic rings. The first-order valence-electron chi connectivity index (χ1n) is 6.86. The lowest BCUT2D eigenvalue weighted by atomic mass is 9.75. The van der Waals surface area contributed by atoms with Crippen molar-refractivity contribution in [1.29, 1.82) is 0 Å². The summed E-state index contributed by atoms with van der Waals surface area (Å²) < 4.78 is 0. The van der Waals surface area contributed by atoms with E-state index in [1.165, 1.54) is 18.0 Å². The summed E-state index contributed by atoms with van der Waals surface area (Å²) in [5.74, 6) is 1.46. The van der Waals surface area contributed by atoms with Crippen LogP contribution in [0.25, 0.3) is 0 Å². The van der Waals surface area contributed by atoms with Gasteiger partial charge in [0.1, 0.15) is 0 Å². The molecule has 1 heteroatoms. The van der Waals surface area contributed by atoms with E-state index in [9.17, 15) is 0 Å². The molecule has 2 unspecified atom stereocenters. The van der Waals surface area contributed by atoms with Gasteiger partial charge in [-0.2, -0.15) is 0 Å². The summed E-state index contributed by atoms with van der Waals surface area (Å²) >= 11 is 0. The molecule has 0 saturated carbocycles. The summed E-state index contributed by atoms with van der Waals surface area (Å²) in [5, 5.41) is 0.